The Labute approximate surface area is 249 Å². The maximum atomic E-state index is 13.5. The number of carbonyl (C=O) groups is 2. The third-order valence-corrected chi connectivity index (χ3v) is 7.61. The molecule has 2 aliphatic rings. The molecule has 0 aromatic heterocycles. The molecule has 1 unspecified atom stereocenters. The van der Waals surface area contributed by atoms with Gasteiger partial charge in [0.05, 0.1) is 39.9 Å². The van der Waals surface area contributed by atoms with Crippen molar-refractivity contribution in [3.63, 3.8) is 0 Å². The van der Waals surface area contributed by atoms with Gasteiger partial charge in [-0.25, -0.2) is 0 Å². The van der Waals surface area contributed by atoms with Crippen molar-refractivity contribution in [1.82, 2.24) is 0 Å². The third kappa shape index (κ3) is 5.39. The number of ketones is 1. The van der Waals surface area contributed by atoms with Gasteiger partial charge in [0.2, 0.25) is 5.78 Å². The van der Waals surface area contributed by atoms with Crippen LogP contribution in [0.2, 0.25) is 0 Å². The van der Waals surface area contributed by atoms with Crippen LogP contribution >= 0.6 is 0 Å². The molecule has 0 aliphatic carbocycles. The van der Waals surface area contributed by atoms with Gasteiger partial charge < -0.3 is 28.4 Å². The summed E-state index contributed by atoms with van der Waals surface area (Å²) >= 11 is 0. The van der Waals surface area contributed by atoms with Crippen LogP contribution in [-0.2, 0) is 11.2 Å². The zero-order valence-electron chi connectivity index (χ0n) is 24.0. The summed E-state index contributed by atoms with van der Waals surface area (Å²) in [5.41, 5.74) is 3.54. The quantitative estimate of drug-likeness (QED) is 0.128. The highest BCUT2D eigenvalue weighted by molar-refractivity contribution is 6.15. The van der Waals surface area contributed by atoms with E-state index in [0.29, 0.717) is 58.5 Å². The van der Waals surface area contributed by atoms with E-state index < -0.39 is 11.9 Å². The Morgan fingerprint density at radius 3 is 2.35 bits per heavy atom. The molecular formula is C35H30O8. The van der Waals surface area contributed by atoms with E-state index >= 15 is 0 Å². The number of carbonyl (C=O) groups excluding carboxylic acids is 2. The van der Waals surface area contributed by atoms with Crippen molar-refractivity contribution in [3.8, 4) is 34.5 Å². The van der Waals surface area contributed by atoms with Crippen molar-refractivity contribution < 1.29 is 38.0 Å². The average Bonchev–Trinajstić information content (AvgIpc) is 3.35. The summed E-state index contributed by atoms with van der Waals surface area (Å²) in [7, 11) is 4.78. The number of hydrogen-bond acceptors (Lipinski definition) is 8. The number of allylic oxidation sites excluding steroid dienone is 1. The largest absolute Gasteiger partial charge is 0.497 e. The topological polar surface area (TPSA) is 89.5 Å². The summed E-state index contributed by atoms with van der Waals surface area (Å²) in [5, 5.41) is 0. The SMILES string of the molecule is COc1ccc(CCOc2c(OC)cccc2C2CC(=O)Oc3ccc4c(c32)O/C(=C\c2ccccc2OC)C4=O)cc1. The number of fused-ring (bicyclic) bond motifs is 3. The van der Waals surface area contributed by atoms with E-state index in [9.17, 15) is 9.59 Å². The first-order valence-corrected chi connectivity index (χ1v) is 13.9. The lowest BCUT2D eigenvalue weighted by Crippen LogP contribution is -2.22. The number of para-hydroxylation sites is 2. The molecule has 1 atom stereocenters. The molecule has 0 spiro atoms. The minimum Gasteiger partial charge on any atom is -0.497 e. The van der Waals surface area contributed by atoms with Gasteiger partial charge in [-0.2, -0.15) is 0 Å². The summed E-state index contributed by atoms with van der Waals surface area (Å²) in [6, 6.07) is 24.0. The van der Waals surface area contributed by atoms with Crippen LogP contribution in [0, 0.1) is 0 Å². The van der Waals surface area contributed by atoms with E-state index in [1.54, 1.807) is 39.5 Å². The maximum Gasteiger partial charge on any atom is 0.312 e. The summed E-state index contributed by atoms with van der Waals surface area (Å²) in [6.07, 6.45) is 2.35. The third-order valence-electron chi connectivity index (χ3n) is 7.61. The molecule has 218 valence electrons. The molecule has 0 saturated carbocycles. The molecule has 43 heavy (non-hydrogen) atoms. The lowest BCUT2D eigenvalue weighted by Gasteiger charge is -2.28. The molecule has 8 heteroatoms. The number of rotatable bonds is 9. The second-order valence-corrected chi connectivity index (χ2v) is 10.1. The second kappa shape index (κ2) is 11.9. The highest BCUT2D eigenvalue weighted by Gasteiger charge is 2.40. The smallest absolute Gasteiger partial charge is 0.312 e. The second-order valence-electron chi connectivity index (χ2n) is 10.1. The van der Waals surface area contributed by atoms with Crippen molar-refractivity contribution in [2.45, 2.75) is 18.8 Å². The Hall–Kier alpha value is -5.24. The molecular weight excluding hydrogens is 548 g/mol. The van der Waals surface area contributed by atoms with Gasteiger partial charge in [-0.1, -0.05) is 42.5 Å². The fourth-order valence-electron chi connectivity index (χ4n) is 5.48. The van der Waals surface area contributed by atoms with Gasteiger partial charge in [-0.3, -0.25) is 9.59 Å². The van der Waals surface area contributed by atoms with Crippen molar-refractivity contribution in [2.24, 2.45) is 0 Å². The summed E-state index contributed by atoms with van der Waals surface area (Å²) in [5.74, 6) is 2.18. The van der Waals surface area contributed by atoms with Gasteiger partial charge in [0.1, 0.15) is 23.0 Å². The first kappa shape index (κ1) is 27.9. The summed E-state index contributed by atoms with van der Waals surface area (Å²) in [4.78, 5) is 26.3. The Morgan fingerprint density at radius 2 is 1.58 bits per heavy atom. The number of hydrogen-bond donors (Lipinski definition) is 0. The number of benzene rings is 4. The van der Waals surface area contributed by atoms with Crippen LogP contribution in [0.5, 0.6) is 34.5 Å². The normalized spacial score (nSPS) is 16.2. The van der Waals surface area contributed by atoms with Gasteiger partial charge >= 0.3 is 5.97 Å². The number of esters is 1. The van der Waals surface area contributed by atoms with Crippen molar-refractivity contribution >= 4 is 17.8 Å². The first-order chi connectivity index (χ1) is 21.0. The van der Waals surface area contributed by atoms with Gasteiger partial charge in [0, 0.05) is 29.0 Å². The number of methoxy groups -OCH3 is 3. The molecule has 0 radical (unpaired) electrons. The van der Waals surface area contributed by atoms with Crippen LogP contribution in [0.1, 0.15) is 45.0 Å². The van der Waals surface area contributed by atoms with E-state index in [-0.39, 0.29) is 18.0 Å². The Morgan fingerprint density at radius 1 is 0.814 bits per heavy atom. The fraction of sp³-hybridized carbons (Fsp3) is 0.200. The molecule has 4 aromatic carbocycles. The first-order valence-electron chi connectivity index (χ1n) is 13.9. The monoisotopic (exact) mass is 578 g/mol. The molecule has 6 rings (SSSR count). The van der Waals surface area contributed by atoms with Gasteiger partial charge in [-0.05, 0) is 48.0 Å². The number of Topliss-reactive ketones (excluding diaryl/α,β-unsaturated/α-hetero) is 1. The van der Waals surface area contributed by atoms with E-state index in [1.807, 2.05) is 66.7 Å². The molecule has 0 fully saturated rings. The van der Waals surface area contributed by atoms with Crippen LogP contribution < -0.4 is 28.4 Å². The molecule has 0 bridgehead atoms. The molecule has 0 N–H and O–H groups in total. The van der Waals surface area contributed by atoms with Gasteiger partial charge in [-0.15, -0.1) is 0 Å². The standard InChI is InChI=1S/C35H30O8/c1-38-23-13-11-21(12-14-23)17-18-41-34-24(8-6-10-29(34)40-3)26-20-31(36)42-28-16-15-25-33(37)30(43-35(25)32(26)28)19-22-7-4-5-9-27(22)39-2/h4-16,19,26H,17-18,20H2,1-3H3/b30-19-. The van der Waals surface area contributed by atoms with Crippen LogP contribution in [0.3, 0.4) is 0 Å². The lowest BCUT2D eigenvalue weighted by molar-refractivity contribution is -0.135. The summed E-state index contributed by atoms with van der Waals surface area (Å²) in [6.45, 7) is 0.372. The van der Waals surface area contributed by atoms with Crippen LogP contribution in [0.15, 0.2) is 84.6 Å². The lowest BCUT2D eigenvalue weighted by atomic mass is 9.84. The van der Waals surface area contributed by atoms with Crippen molar-refractivity contribution in [2.75, 3.05) is 27.9 Å². The molecule has 0 saturated heterocycles. The van der Waals surface area contributed by atoms with Gasteiger partial charge in [0.15, 0.2) is 17.3 Å². The highest BCUT2D eigenvalue weighted by Crippen LogP contribution is 2.51. The minimum atomic E-state index is -0.504. The molecule has 2 heterocycles. The van der Waals surface area contributed by atoms with E-state index in [4.69, 9.17) is 28.4 Å². The van der Waals surface area contributed by atoms with Crippen LogP contribution in [0.25, 0.3) is 6.08 Å². The highest BCUT2D eigenvalue weighted by atomic mass is 16.5. The zero-order valence-corrected chi connectivity index (χ0v) is 24.0. The Kier molecular flexibility index (Phi) is 7.75. The van der Waals surface area contributed by atoms with E-state index in [0.717, 1.165) is 16.9 Å². The Bertz CT molecular complexity index is 1720. The molecule has 2 aliphatic heterocycles. The van der Waals surface area contributed by atoms with Crippen molar-refractivity contribution in [3.05, 3.63) is 112 Å². The van der Waals surface area contributed by atoms with E-state index in [1.165, 1.54) is 0 Å². The van der Waals surface area contributed by atoms with Crippen LogP contribution in [0.4, 0.5) is 0 Å². The maximum absolute atomic E-state index is 13.5. The minimum absolute atomic E-state index is 0.0363. The zero-order chi connectivity index (χ0) is 29.9. The molecule has 4 aromatic rings. The average molecular weight is 579 g/mol. The predicted molar refractivity (Wildman–Crippen MR) is 160 cm³/mol. The predicted octanol–water partition coefficient (Wildman–Crippen LogP) is 6.39. The Balaban J connectivity index is 1.36. The molecule has 8 nitrogen and oxygen atoms in total. The summed E-state index contributed by atoms with van der Waals surface area (Å²) < 4.78 is 34.6. The van der Waals surface area contributed by atoms with Gasteiger partial charge in [0.25, 0.3) is 0 Å². The van der Waals surface area contributed by atoms with E-state index in [2.05, 4.69) is 0 Å². The fourth-order valence-corrected chi connectivity index (χ4v) is 5.48. The van der Waals surface area contributed by atoms with Crippen molar-refractivity contribution in [1.29, 1.82) is 0 Å². The van der Waals surface area contributed by atoms with Crippen LogP contribution in [-0.4, -0.2) is 39.7 Å². The number of ether oxygens (including phenoxy) is 6. The molecule has 0 amide bonds.